The Balaban J connectivity index is 1.32. The Morgan fingerprint density at radius 3 is 2.52 bits per heavy atom. The maximum Gasteiger partial charge on any atom is 0.242 e. The molecule has 0 bridgehead atoms. The summed E-state index contributed by atoms with van der Waals surface area (Å²) in [5, 5.41) is 5.86. The molecule has 8 nitrogen and oxygen atoms in total. The predicted molar refractivity (Wildman–Crippen MR) is 115 cm³/mol. The lowest BCUT2D eigenvalue weighted by Gasteiger charge is -2.23. The Labute approximate surface area is 182 Å². The van der Waals surface area contributed by atoms with E-state index in [0.717, 1.165) is 25.7 Å². The standard InChI is InChI=1S/C23H31N3O5/c1-15(22(28)25-17-6-4-2-3-5-7-17)24-23(29)16-12-21(27)26(14-16)18-8-9-19-20(13-18)31-11-10-30-19/h8-9,13,15-17H,2-7,10-12,14H2,1H3,(H,24,29)(H,25,28). The number of anilines is 1. The van der Waals surface area contributed by atoms with Gasteiger partial charge in [0.25, 0.3) is 0 Å². The molecule has 3 aliphatic rings. The molecule has 2 N–H and O–H groups in total. The lowest BCUT2D eigenvalue weighted by atomic mass is 10.1. The van der Waals surface area contributed by atoms with Crippen LogP contribution in [0.3, 0.4) is 0 Å². The average Bonchev–Trinajstić information content (AvgIpc) is 2.98. The molecular formula is C23H31N3O5. The van der Waals surface area contributed by atoms with Crippen LogP contribution >= 0.6 is 0 Å². The summed E-state index contributed by atoms with van der Waals surface area (Å²) in [7, 11) is 0. The van der Waals surface area contributed by atoms with Gasteiger partial charge in [-0.1, -0.05) is 25.7 Å². The number of nitrogens with zero attached hydrogens (tertiary/aromatic N) is 1. The minimum atomic E-state index is -0.630. The molecule has 2 fully saturated rings. The number of benzene rings is 1. The van der Waals surface area contributed by atoms with Crippen LogP contribution in [0.2, 0.25) is 0 Å². The Morgan fingerprint density at radius 2 is 1.77 bits per heavy atom. The number of hydrogen-bond donors (Lipinski definition) is 2. The predicted octanol–water partition coefficient (Wildman–Crippen LogP) is 2.15. The smallest absolute Gasteiger partial charge is 0.242 e. The van der Waals surface area contributed by atoms with E-state index in [1.54, 1.807) is 30.0 Å². The number of rotatable bonds is 5. The zero-order valence-corrected chi connectivity index (χ0v) is 18.0. The molecule has 168 valence electrons. The van der Waals surface area contributed by atoms with Crippen molar-refractivity contribution in [1.29, 1.82) is 0 Å². The van der Waals surface area contributed by atoms with Gasteiger partial charge in [0.05, 0.1) is 5.92 Å². The number of ether oxygens (including phenoxy) is 2. The van der Waals surface area contributed by atoms with Crippen LogP contribution in [0.4, 0.5) is 5.69 Å². The lowest BCUT2D eigenvalue weighted by Crippen LogP contribution is -2.49. The highest BCUT2D eigenvalue weighted by Crippen LogP contribution is 2.36. The third-order valence-corrected chi connectivity index (χ3v) is 6.29. The van der Waals surface area contributed by atoms with Gasteiger partial charge in [0.15, 0.2) is 11.5 Å². The van der Waals surface area contributed by atoms with Crippen molar-refractivity contribution < 1.29 is 23.9 Å². The summed E-state index contributed by atoms with van der Waals surface area (Å²) in [6.45, 7) is 2.94. The first-order valence-electron chi connectivity index (χ1n) is 11.3. The number of carbonyl (C=O) groups excluding carboxylic acids is 3. The second-order valence-corrected chi connectivity index (χ2v) is 8.66. The SMILES string of the molecule is CC(NC(=O)C1CC(=O)N(c2ccc3c(c2)OCCO3)C1)C(=O)NC1CCCCCC1. The second-order valence-electron chi connectivity index (χ2n) is 8.66. The molecule has 1 aromatic rings. The topological polar surface area (TPSA) is 97.0 Å². The van der Waals surface area contributed by atoms with E-state index < -0.39 is 12.0 Å². The van der Waals surface area contributed by atoms with Crippen molar-refractivity contribution in [2.45, 2.75) is 64.0 Å². The molecule has 2 heterocycles. The van der Waals surface area contributed by atoms with Crippen LogP contribution in [0.15, 0.2) is 18.2 Å². The quantitative estimate of drug-likeness (QED) is 0.699. The van der Waals surface area contributed by atoms with Gasteiger partial charge in [0.1, 0.15) is 19.3 Å². The molecular weight excluding hydrogens is 398 g/mol. The Hall–Kier alpha value is -2.77. The van der Waals surface area contributed by atoms with E-state index in [1.165, 1.54) is 12.8 Å². The van der Waals surface area contributed by atoms with Crippen LogP contribution in [0, 0.1) is 5.92 Å². The van der Waals surface area contributed by atoms with Crippen molar-refractivity contribution in [1.82, 2.24) is 10.6 Å². The van der Waals surface area contributed by atoms with Crippen molar-refractivity contribution in [3.05, 3.63) is 18.2 Å². The normalized spacial score (nSPS) is 22.5. The third kappa shape index (κ3) is 5.11. The number of carbonyl (C=O) groups is 3. The van der Waals surface area contributed by atoms with E-state index >= 15 is 0 Å². The van der Waals surface area contributed by atoms with E-state index in [9.17, 15) is 14.4 Å². The van der Waals surface area contributed by atoms with Crippen LogP contribution < -0.4 is 25.0 Å². The zero-order chi connectivity index (χ0) is 21.8. The molecule has 1 aromatic carbocycles. The van der Waals surface area contributed by atoms with Gasteiger partial charge in [0.2, 0.25) is 17.7 Å². The van der Waals surface area contributed by atoms with Crippen LogP contribution in [0.25, 0.3) is 0 Å². The van der Waals surface area contributed by atoms with Gasteiger partial charge in [0, 0.05) is 30.8 Å². The van der Waals surface area contributed by atoms with Gasteiger partial charge >= 0.3 is 0 Å². The largest absolute Gasteiger partial charge is 0.486 e. The van der Waals surface area contributed by atoms with Crippen molar-refractivity contribution in [3.8, 4) is 11.5 Å². The van der Waals surface area contributed by atoms with Gasteiger partial charge in [-0.05, 0) is 31.9 Å². The van der Waals surface area contributed by atoms with E-state index in [0.29, 0.717) is 30.4 Å². The van der Waals surface area contributed by atoms with Crippen LogP contribution in [0.5, 0.6) is 11.5 Å². The molecule has 4 rings (SSSR count). The first-order chi connectivity index (χ1) is 15.0. The highest BCUT2D eigenvalue weighted by Gasteiger charge is 2.36. The number of amides is 3. The first-order valence-corrected chi connectivity index (χ1v) is 11.3. The Morgan fingerprint density at radius 1 is 1.06 bits per heavy atom. The Kier molecular flexibility index (Phi) is 6.63. The van der Waals surface area contributed by atoms with Gasteiger partial charge in [-0.15, -0.1) is 0 Å². The molecule has 2 unspecified atom stereocenters. The summed E-state index contributed by atoms with van der Waals surface area (Å²) in [6, 6.07) is 4.91. The summed E-state index contributed by atoms with van der Waals surface area (Å²) >= 11 is 0. The third-order valence-electron chi connectivity index (χ3n) is 6.29. The van der Waals surface area contributed by atoms with Crippen molar-refractivity contribution >= 4 is 23.4 Å². The fourth-order valence-corrected chi connectivity index (χ4v) is 4.48. The van der Waals surface area contributed by atoms with E-state index in [2.05, 4.69) is 10.6 Å². The maximum absolute atomic E-state index is 12.7. The molecule has 0 radical (unpaired) electrons. The summed E-state index contributed by atoms with van der Waals surface area (Å²) in [5.74, 6) is 0.226. The minimum absolute atomic E-state index is 0.118. The maximum atomic E-state index is 12.7. The summed E-state index contributed by atoms with van der Waals surface area (Å²) in [5.41, 5.74) is 0.684. The minimum Gasteiger partial charge on any atom is -0.486 e. The molecule has 3 amide bonds. The second kappa shape index (κ2) is 9.58. The van der Waals surface area contributed by atoms with E-state index in [1.807, 2.05) is 0 Å². The molecule has 1 aliphatic carbocycles. The van der Waals surface area contributed by atoms with Crippen molar-refractivity contribution in [2.75, 3.05) is 24.7 Å². The highest BCUT2D eigenvalue weighted by molar-refractivity contribution is 6.01. The summed E-state index contributed by atoms with van der Waals surface area (Å²) < 4.78 is 11.1. The van der Waals surface area contributed by atoms with Crippen LogP contribution in [0.1, 0.15) is 51.9 Å². The molecule has 1 saturated heterocycles. The number of hydrogen-bond acceptors (Lipinski definition) is 5. The number of nitrogens with one attached hydrogen (secondary N) is 2. The van der Waals surface area contributed by atoms with Gasteiger partial charge in [-0.3, -0.25) is 14.4 Å². The number of fused-ring (bicyclic) bond motifs is 1. The monoisotopic (exact) mass is 429 g/mol. The molecule has 8 heteroatoms. The van der Waals surface area contributed by atoms with Gasteiger partial charge < -0.3 is 25.0 Å². The molecule has 31 heavy (non-hydrogen) atoms. The van der Waals surface area contributed by atoms with Gasteiger partial charge in [-0.2, -0.15) is 0 Å². The fraction of sp³-hybridized carbons (Fsp3) is 0.609. The first kappa shape index (κ1) is 21.5. The lowest BCUT2D eigenvalue weighted by molar-refractivity contribution is -0.131. The van der Waals surface area contributed by atoms with Crippen LogP contribution in [-0.2, 0) is 14.4 Å². The van der Waals surface area contributed by atoms with Gasteiger partial charge in [-0.25, -0.2) is 0 Å². The van der Waals surface area contributed by atoms with E-state index in [4.69, 9.17) is 9.47 Å². The zero-order valence-electron chi connectivity index (χ0n) is 18.0. The van der Waals surface area contributed by atoms with Crippen molar-refractivity contribution in [3.63, 3.8) is 0 Å². The summed E-state index contributed by atoms with van der Waals surface area (Å²) in [6.07, 6.45) is 6.80. The molecule has 1 saturated carbocycles. The molecule has 0 aromatic heterocycles. The summed E-state index contributed by atoms with van der Waals surface area (Å²) in [4.78, 5) is 39.4. The van der Waals surface area contributed by atoms with Crippen LogP contribution in [-0.4, -0.2) is 49.6 Å². The van der Waals surface area contributed by atoms with Crippen molar-refractivity contribution in [2.24, 2.45) is 5.92 Å². The molecule has 2 atom stereocenters. The van der Waals surface area contributed by atoms with E-state index in [-0.39, 0.29) is 36.7 Å². The molecule has 2 aliphatic heterocycles. The highest BCUT2D eigenvalue weighted by atomic mass is 16.6. The average molecular weight is 430 g/mol. The Bertz CT molecular complexity index is 835. The molecule has 0 spiro atoms. The fourth-order valence-electron chi connectivity index (χ4n) is 4.48.